The van der Waals surface area contributed by atoms with Crippen molar-refractivity contribution < 1.29 is 0 Å². The number of unbranched alkanes of at least 4 members (excludes halogenated alkanes) is 3. The molecule has 0 nitrogen and oxygen atoms in total. The second-order valence-corrected chi connectivity index (χ2v) is 6.20. The van der Waals surface area contributed by atoms with Crippen LogP contribution in [0.1, 0.15) is 97.8 Å². The summed E-state index contributed by atoms with van der Waals surface area (Å²) in [5, 5.41) is 0. The van der Waals surface area contributed by atoms with Gasteiger partial charge in [-0.2, -0.15) is 0 Å². The lowest BCUT2D eigenvalue weighted by Crippen LogP contribution is -1.90. The first-order valence-electron chi connectivity index (χ1n) is 10.0. The molecular formula is C25H42. The van der Waals surface area contributed by atoms with Gasteiger partial charge in [-0.25, -0.2) is 0 Å². The molecule has 1 aromatic carbocycles. The van der Waals surface area contributed by atoms with Crippen molar-refractivity contribution in [2.75, 3.05) is 0 Å². The van der Waals surface area contributed by atoms with Gasteiger partial charge in [0.2, 0.25) is 0 Å². The minimum absolute atomic E-state index is 1.10. The Morgan fingerprint density at radius 2 is 1.64 bits per heavy atom. The van der Waals surface area contributed by atoms with Crippen molar-refractivity contribution in [1.29, 1.82) is 0 Å². The van der Waals surface area contributed by atoms with Crippen LogP contribution in [0.2, 0.25) is 0 Å². The molecule has 0 aliphatic carbocycles. The molecule has 0 aliphatic rings. The van der Waals surface area contributed by atoms with Crippen LogP contribution in [0.25, 0.3) is 11.6 Å². The van der Waals surface area contributed by atoms with Crippen molar-refractivity contribution >= 4 is 11.6 Å². The summed E-state index contributed by atoms with van der Waals surface area (Å²) in [6, 6.07) is 6.89. The molecule has 1 rings (SSSR count). The lowest BCUT2D eigenvalue weighted by molar-refractivity contribution is 0.730. The Labute approximate surface area is 158 Å². The summed E-state index contributed by atoms with van der Waals surface area (Å²) >= 11 is 0. The molecule has 0 saturated heterocycles. The van der Waals surface area contributed by atoms with Crippen LogP contribution < -0.4 is 0 Å². The van der Waals surface area contributed by atoms with Gasteiger partial charge in [0.15, 0.2) is 0 Å². The molecule has 0 atom stereocenters. The number of benzene rings is 1. The van der Waals surface area contributed by atoms with Crippen molar-refractivity contribution in [2.45, 2.75) is 87.5 Å². The fraction of sp³-hybridized carbons (Fsp3) is 0.520. The Kier molecular flexibility index (Phi) is 17.7. The van der Waals surface area contributed by atoms with E-state index < -0.39 is 0 Å². The zero-order valence-corrected chi connectivity index (χ0v) is 18.2. The first-order valence-corrected chi connectivity index (χ1v) is 10.0. The third-order valence-electron chi connectivity index (χ3n) is 3.98. The molecule has 0 bridgehead atoms. The highest BCUT2D eigenvalue weighted by Crippen LogP contribution is 2.23. The molecule has 0 aliphatic heterocycles. The summed E-state index contributed by atoms with van der Waals surface area (Å²) in [7, 11) is 0. The third kappa shape index (κ3) is 11.6. The number of allylic oxidation sites excluding steroid dienone is 4. The Morgan fingerprint density at radius 3 is 2.12 bits per heavy atom. The Bertz CT molecular complexity index is 511. The molecule has 142 valence electrons. The highest BCUT2D eigenvalue weighted by Gasteiger charge is 2.02. The summed E-state index contributed by atoms with van der Waals surface area (Å²) in [5.74, 6) is 0. The number of aryl methyl sites for hydroxylation is 1. The molecule has 25 heavy (non-hydrogen) atoms. The van der Waals surface area contributed by atoms with Crippen LogP contribution >= 0.6 is 0 Å². The molecule has 0 saturated carbocycles. The van der Waals surface area contributed by atoms with Crippen LogP contribution in [-0.4, -0.2) is 0 Å². The monoisotopic (exact) mass is 342 g/mol. The highest BCUT2D eigenvalue weighted by atomic mass is 14.1. The summed E-state index contributed by atoms with van der Waals surface area (Å²) in [5.41, 5.74) is 6.99. The molecule has 0 radical (unpaired) electrons. The van der Waals surface area contributed by atoms with Crippen molar-refractivity contribution in [3.63, 3.8) is 0 Å². The molecule has 0 spiro atoms. The molecule has 1 aromatic rings. The fourth-order valence-electron chi connectivity index (χ4n) is 2.32. The van der Waals surface area contributed by atoms with Gasteiger partial charge in [-0.05, 0) is 75.3 Å². The van der Waals surface area contributed by atoms with Crippen LogP contribution in [0.5, 0.6) is 0 Å². The van der Waals surface area contributed by atoms with Crippen molar-refractivity contribution in [2.24, 2.45) is 0 Å². The van der Waals surface area contributed by atoms with Crippen molar-refractivity contribution in [3.8, 4) is 0 Å². The summed E-state index contributed by atoms with van der Waals surface area (Å²) in [4.78, 5) is 0. The molecule has 0 unspecified atom stereocenters. The normalized spacial score (nSPS) is 9.60. The average molecular weight is 343 g/mol. The van der Waals surface area contributed by atoms with E-state index in [9.17, 15) is 0 Å². The topological polar surface area (TPSA) is 0 Å². The van der Waals surface area contributed by atoms with Crippen LogP contribution in [0.4, 0.5) is 0 Å². The van der Waals surface area contributed by atoms with Gasteiger partial charge >= 0.3 is 0 Å². The van der Waals surface area contributed by atoms with E-state index >= 15 is 0 Å². The van der Waals surface area contributed by atoms with Gasteiger partial charge in [0, 0.05) is 0 Å². The molecule has 0 heterocycles. The minimum atomic E-state index is 1.10. The van der Waals surface area contributed by atoms with Crippen molar-refractivity contribution in [1.82, 2.24) is 0 Å². The predicted molar refractivity (Wildman–Crippen MR) is 120 cm³/mol. The van der Waals surface area contributed by atoms with E-state index in [0.717, 1.165) is 6.42 Å². The number of rotatable bonds is 7. The van der Waals surface area contributed by atoms with E-state index in [-0.39, 0.29) is 0 Å². The fourth-order valence-corrected chi connectivity index (χ4v) is 2.32. The van der Waals surface area contributed by atoms with Crippen molar-refractivity contribution in [3.05, 3.63) is 59.2 Å². The first-order chi connectivity index (χ1) is 12.0. The molecule has 0 N–H and O–H groups in total. The Balaban J connectivity index is 0. The average Bonchev–Trinajstić information content (AvgIpc) is 2.63. The first kappa shape index (κ1) is 25.7. The van der Waals surface area contributed by atoms with Gasteiger partial charge in [0.05, 0.1) is 0 Å². The lowest BCUT2D eigenvalue weighted by Gasteiger charge is -2.09. The summed E-state index contributed by atoms with van der Waals surface area (Å²) in [6.07, 6.45) is 12.6. The van der Waals surface area contributed by atoms with Gasteiger partial charge in [-0.3, -0.25) is 0 Å². The maximum atomic E-state index is 3.36. The van der Waals surface area contributed by atoms with Crippen LogP contribution in [0.3, 0.4) is 0 Å². The molecular weight excluding hydrogens is 300 g/mol. The van der Waals surface area contributed by atoms with E-state index in [1.807, 2.05) is 20.8 Å². The van der Waals surface area contributed by atoms with Gasteiger partial charge in [0.25, 0.3) is 0 Å². The zero-order chi connectivity index (χ0) is 19.7. The summed E-state index contributed by atoms with van der Waals surface area (Å²) < 4.78 is 0. The smallest absolute Gasteiger partial charge is 0.0222 e. The molecule has 0 aromatic heterocycles. The predicted octanol–water partition coefficient (Wildman–Crippen LogP) is 8.87. The van der Waals surface area contributed by atoms with E-state index in [1.165, 1.54) is 53.5 Å². The van der Waals surface area contributed by atoms with Gasteiger partial charge in [0.1, 0.15) is 0 Å². The minimum Gasteiger partial charge on any atom is -0.103 e. The zero-order valence-electron chi connectivity index (χ0n) is 18.2. The Morgan fingerprint density at radius 1 is 1.04 bits per heavy atom. The molecule has 0 amide bonds. The van der Waals surface area contributed by atoms with E-state index in [4.69, 9.17) is 0 Å². The van der Waals surface area contributed by atoms with E-state index in [0.29, 0.717) is 0 Å². The van der Waals surface area contributed by atoms with Gasteiger partial charge in [-0.15, -0.1) is 6.58 Å². The largest absolute Gasteiger partial charge is 0.103 e. The van der Waals surface area contributed by atoms with Gasteiger partial charge in [-0.1, -0.05) is 76.5 Å². The standard InChI is InChI=1S/C20H30.C3H6.C2H6/c1-6-8-9-10-11-12-20-15-19(17(5)16(3)4)14-13-18(20)7-2;1-3-2;1-2/h11-15H,6-10H2,1-5H3;3H,1H2,2H3;1-2H3/b12-11-;;. The molecule has 0 fully saturated rings. The quantitative estimate of drug-likeness (QED) is 0.343. The van der Waals surface area contributed by atoms with Crippen LogP contribution in [-0.2, 0) is 6.42 Å². The summed E-state index contributed by atoms with van der Waals surface area (Å²) in [6.45, 7) is 20.3. The van der Waals surface area contributed by atoms with E-state index in [1.54, 1.807) is 6.08 Å². The second-order valence-electron chi connectivity index (χ2n) is 6.20. The number of hydrogen-bond acceptors (Lipinski definition) is 0. The van der Waals surface area contributed by atoms with Crippen LogP contribution in [0.15, 0.2) is 42.5 Å². The number of hydrogen-bond donors (Lipinski definition) is 0. The maximum Gasteiger partial charge on any atom is -0.0222 e. The van der Waals surface area contributed by atoms with E-state index in [2.05, 4.69) is 71.5 Å². The van der Waals surface area contributed by atoms with Crippen LogP contribution in [0, 0.1) is 0 Å². The maximum absolute atomic E-state index is 3.36. The molecule has 0 heteroatoms. The highest BCUT2D eigenvalue weighted by molar-refractivity contribution is 5.70. The SMILES string of the molecule is C=CC.CC.CCCCC/C=C\c1cc(C(C)=C(C)C)ccc1CC. The Hall–Kier alpha value is -1.56. The third-order valence-corrected chi connectivity index (χ3v) is 3.98. The van der Waals surface area contributed by atoms with Gasteiger partial charge < -0.3 is 0 Å². The second kappa shape index (κ2) is 17.3. The lowest BCUT2D eigenvalue weighted by atomic mass is 9.96.